The quantitative estimate of drug-likeness (QED) is 0.899. The smallest absolute Gasteiger partial charge is 0.110 e. The van der Waals surface area contributed by atoms with Gasteiger partial charge in [-0.15, -0.1) is 11.3 Å². The maximum atomic E-state index is 6.20. The Morgan fingerprint density at radius 3 is 2.47 bits per heavy atom. The van der Waals surface area contributed by atoms with Gasteiger partial charge in [-0.3, -0.25) is 0 Å². The zero-order chi connectivity index (χ0) is 13.4. The molecule has 2 aromatic rings. The molecule has 1 aliphatic rings. The maximum absolute atomic E-state index is 6.20. The molecule has 1 heterocycles. The van der Waals surface area contributed by atoms with Gasteiger partial charge in [0.15, 0.2) is 0 Å². The molecule has 0 amide bonds. The van der Waals surface area contributed by atoms with E-state index in [1.165, 1.54) is 24.0 Å². The van der Waals surface area contributed by atoms with Crippen LogP contribution >= 0.6 is 11.3 Å². The zero-order valence-electron chi connectivity index (χ0n) is 11.5. The number of aromatic nitrogens is 1. The molecule has 0 bridgehead atoms. The molecule has 2 nitrogen and oxygen atoms in total. The van der Waals surface area contributed by atoms with E-state index >= 15 is 0 Å². The third kappa shape index (κ3) is 2.72. The molecule has 1 atom stereocenters. The normalized spacial score (nSPS) is 16.8. The summed E-state index contributed by atoms with van der Waals surface area (Å²) in [6.07, 6.45) is 2.53. The van der Waals surface area contributed by atoms with Crippen LogP contribution in [0.3, 0.4) is 0 Å². The number of nitrogens with two attached hydrogens (primary N) is 1. The van der Waals surface area contributed by atoms with Crippen LogP contribution in [0.15, 0.2) is 29.6 Å². The van der Waals surface area contributed by atoms with Gasteiger partial charge < -0.3 is 5.73 Å². The van der Waals surface area contributed by atoms with E-state index in [-0.39, 0.29) is 6.04 Å². The van der Waals surface area contributed by atoms with Crippen LogP contribution < -0.4 is 5.73 Å². The van der Waals surface area contributed by atoms with Crippen molar-refractivity contribution in [1.82, 2.24) is 4.98 Å². The lowest BCUT2D eigenvalue weighted by molar-refractivity contribution is 0.629. The molecule has 100 valence electrons. The van der Waals surface area contributed by atoms with Crippen molar-refractivity contribution < 1.29 is 0 Å². The van der Waals surface area contributed by atoms with Gasteiger partial charge in [0, 0.05) is 10.9 Å². The lowest BCUT2D eigenvalue weighted by Gasteiger charge is -2.06. The summed E-state index contributed by atoms with van der Waals surface area (Å²) in [7, 11) is 0. The Morgan fingerprint density at radius 1 is 1.21 bits per heavy atom. The average Bonchev–Trinajstić information content (AvgIpc) is 3.15. The van der Waals surface area contributed by atoms with Crippen LogP contribution in [0.25, 0.3) is 11.3 Å². The molecule has 3 rings (SSSR count). The molecular formula is C16H20N2S. The Morgan fingerprint density at radius 2 is 1.89 bits per heavy atom. The average molecular weight is 272 g/mol. The van der Waals surface area contributed by atoms with Crippen molar-refractivity contribution in [3.8, 4) is 11.3 Å². The first-order valence-corrected chi connectivity index (χ1v) is 7.84. The molecule has 19 heavy (non-hydrogen) atoms. The van der Waals surface area contributed by atoms with Gasteiger partial charge in [-0.25, -0.2) is 4.98 Å². The van der Waals surface area contributed by atoms with Crippen molar-refractivity contribution in [1.29, 1.82) is 0 Å². The first kappa shape index (κ1) is 12.8. The van der Waals surface area contributed by atoms with Gasteiger partial charge >= 0.3 is 0 Å². The molecule has 0 radical (unpaired) electrons. The molecule has 0 saturated heterocycles. The molecule has 1 unspecified atom stereocenters. The van der Waals surface area contributed by atoms with Gasteiger partial charge in [-0.2, -0.15) is 0 Å². The summed E-state index contributed by atoms with van der Waals surface area (Å²) in [6.45, 7) is 4.43. The number of nitrogens with zero attached hydrogens (tertiary/aromatic N) is 1. The minimum atomic E-state index is 0.147. The van der Waals surface area contributed by atoms with E-state index in [2.05, 4.69) is 43.5 Å². The maximum Gasteiger partial charge on any atom is 0.110 e. The predicted octanol–water partition coefficient (Wildman–Crippen LogP) is 4.34. The summed E-state index contributed by atoms with van der Waals surface area (Å²) < 4.78 is 0. The molecule has 1 fully saturated rings. The highest BCUT2D eigenvalue weighted by molar-refractivity contribution is 7.10. The third-order valence-electron chi connectivity index (χ3n) is 3.81. The van der Waals surface area contributed by atoms with Crippen molar-refractivity contribution >= 4 is 11.3 Å². The largest absolute Gasteiger partial charge is 0.322 e. The van der Waals surface area contributed by atoms with Crippen LogP contribution in [-0.4, -0.2) is 4.98 Å². The first-order valence-electron chi connectivity index (χ1n) is 6.96. The molecule has 3 heteroatoms. The highest BCUT2D eigenvalue weighted by Gasteiger charge is 2.31. The van der Waals surface area contributed by atoms with Gasteiger partial charge in [0.25, 0.3) is 0 Å². The summed E-state index contributed by atoms with van der Waals surface area (Å²) in [5.74, 6) is 1.24. The molecule has 2 N–H and O–H groups in total. The molecule has 1 saturated carbocycles. The standard InChI is InChI=1S/C16H20N2S/c1-10(2)11-3-5-12(6-4-11)14-9-19-16(18-14)15(17)13-7-8-13/h3-6,9-10,13,15H,7-8,17H2,1-2H3. The topological polar surface area (TPSA) is 38.9 Å². The second-order valence-corrected chi connectivity index (χ2v) is 6.60. The number of rotatable bonds is 4. The Bertz CT molecular complexity index is 552. The number of hydrogen-bond acceptors (Lipinski definition) is 3. The highest BCUT2D eigenvalue weighted by atomic mass is 32.1. The molecule has 0 spiro atoms. The Balaban J connectivity index is 1.81. The number of thiazole rings is 1. The van der Waals surface area contributed by atoms with E-state index in [1.807, 2.05) is 0 Å². The fraction of sp³-hybridized carbons (Fsp3) is 0.438. The second kappa shape index (κ2) is 5.06. The van der Waals surface area contributed by atoms with Crippen molar-refractivity contribution in [3.63, 3.8) is 0 Å². The Labute approximate surface area is 118 Å². The van der Waals surface area contributed by atoms with Crippen molar-refractivity contribution in [3.05, 3.63) is 40.2 Å². The zero-order valence-corrected chi connectivity index (χ0v) is 12.3. The summed E-state index contributed by atoms with van der Waals surface area (Å²) in [5.41, 5.74) is 9.82. The third-order valence-corrected chi connectivity index (χ3v) is 4.76. The van der Waals surface area contributed by atoms with E-state index in [9.17, 15) is 0 Å². The summed E-state index contributed by atoms with van der Waals surface area (Å²) >= 11 is 1.70. The van der Waals surface area contributed by atoms with E-state index < -0.39 is 0 Å². The van der Waals surface area contributed by atoms with Crippen LogP contribution in [0.2, 0.25) is 0 Å². The highest BCUT2D eigenvalue weighted by Crippen LogP contribution is 2.40. The first-order chi connectivity index (χ1) is 9.15. The van der Waals surface area contributed by atoms with Crippen LogP contribution in [-0.2, 0) is 0 Å². The van der Waals surface area contributed by atoms with E-state index in [1.54, 1.807) is 11.3 Å². The fourth-order valence-electron chi connectivity index (χ4n) is 2.27. The SMILES string of the molecule is CC(C)c1ccc(-c2csc(C(N)C3CC3)n2)cc1. The van der Waals surface area contributed by atoms with Gasteiger partial charge in [-0.1, -0.05) is 38.1 Å². The van der Waals surface area contributed by atoms with Crippen molar-refractivity contribution in [2.24, 2.45) is 11.7 Å². The van der Waals surface area contributed by atoms with E-state index in [0.717, 1.165) is 10.7 Å². The van der Waals surface area contributed by atoms with Crippen molar-refractivity contribution in [2.45, 2.75) is 38.6 Å². The van der Waals surface area contributed by atoms with E-state index in [4.69, 9.17) is 10.7 Å². The van der Waals surface area contributed by atoms with Crippen LogP contribution in [0.1, 0.15) is 49.2 Å². The Kier molecular flexibility index (Phi) is 3.42. The number of hydrogen-bond donors (Lipinski definition) is 1. The minimum absolute atomic E-state index is 0.147. The molecular weight excluding hydrogens is 252 g/mol. The lowest BCUT2D eigenvalue weighted by atomic mass is 10.0. The van der Waals surface area contributed by atoms with Crippen LogP contribution in [0.4, 0.5) is 0 Å². The monoisotopic (exact) mass is 272 g/mol. The fourth-order valence-corrected chi connectivity index (χ4v) is 3.19. The van der Waals surface area contributed by atoms with Crippen LogP contribution in [0.5, 0.6) is 0 Å². The predicted molar refractivity (Wildman–Crippen MR) is 81.3 cm³/mol. The summed E-state index contributed by atoms with van der Waals surface area (Å²) in [4.78, 5) is 4.71. The minimum Gasteiger partial charge on any atom is -0.322 e. The summed E-state index contributed by atoms with van der Waals surface area (Å²) in [6, 6.07) is 8.86. The van der Waals surface area contributed by atoms with Gasteiger partial charge in [-0.05, 0) is 30.2 Å². The van der Waals surface area contributed by atoms with Crippen molar-refractivity contribution in [2.75, 3.05) is 0 Å². The van der Waals surface area contributed by atoms with E-state index in [0.29, 0.717) is 11.8 Å². The summed E-state index contributed by atoms with van der Waals surface area (Å²) in [5, 5.41) is 3.22. The van der Waals surface area contributed by atoms with Crippen LogP contribution in [0, 0.1) is 5.92 Å². The second-order valence-electron chi connectivity index (χ2n) is 5.71. The van der Waals surface area contributed by atoms with Gasteiger partial charge in [0.05, 0.1) is 11.7 Å². The number of benzene rings is 1. The molecule has 1 aromatic carbocycles. The lowest BCUT2D eigenvalue weighted by Crippen LogP contribution is -2.11. The van der Waals surface area contributed by atoms with Gasteiger partial charge in [0.1, 0.15) is 5.01 Å². The Hall–Kier alpha value is -1.19. The molecule has 1 aliphatic carbocycles. The molecule has 1 aromatic heterocycles. The molecule has 0 aliphatic heterocycles. The van der Waals surface area contributed by atoms with Gasteiger partial charge in [0.2, 0.25) is 0 Å².